The van der Waals surface area contributed by atoms with Gasteiger partial charge in [-0.3, -0.25) is 20.1 Å². The molecule has 3 amide bonds. The number of nitrogens with one attached hydrogen (secondary N) is 3. The summed E-state index contributed by atoms with van der Waals surface area (Å²) in [5, 5.41) is 16.2. The molecular formula is C31H41F3N6O7Si. The minimum atomic E-state index is -4.74. The summed E-state index contributed by atoms with van der Waals surface area (Å²) in [6.07, 6.45) is -4.58. The Morgan fingerprint density at radius 2 is 1.73 bits per heavy atom. The number of hydrogen-bond acceptors (Lipinski definition) is 9. The normalized spacial score (nSPS) is 19.1. The van der Waals surface area contributed by atoms with Crippen molar-refractivity contribution in [2.24, 2.45) is 5.92 Å². The van der Waals surface area contributed by atoms with Gasteiger partial charge in [-0.1, -0.05) is 20.8 Å². The SMILES string of the molecule is CC(C)(C)OC(=O)N[C@@H]1CN(c2ccncc2NC(=O)c2c(NC(=O)O)oc3cccnc23)C[C@H](C(F)(F)F)[C@H]1O[Si](C)(C)C(C)(C)C. The minimum Gasteiger partial charge on any atom is -0.465 e. The Balaban J connectivity index is 1.74. The van der Waals surface area contributed by atoms with Crippen molar-refractivity contribution in [1.82, 2.24) is 15.3 Å². The molecule has 0 aromatic carbocycles. The third kappa shape index (κ3) is 8.36. The van der Waals surface area contributed by atoms with E-state index in [0.717, 1.165) is 0 Å². The number of halogens is 3. The van der Waals surface area contributed by atoms with Crippen LogP contribution in [-0.2, 0) is 9.16 Å². The highest BCUT2D eigenvalue weighted by Gasteiger charge is 2.55. The number of anilines is 3. The average Bonchev–Trinajstić information content (AvgIpc) is 3.29. The second-order valence-electron chi connectivity index (χ2n) is 14.1. The van der Waals surface area contributed by atoms with Gasteiger partial charge in [0.05, 0.1) is 35.6 Å². The third-order valence-electron chi connectivity index (χ3n) is 8.27. The summed E-state index contributed by atoms with van der Waals surface area (Å²) in [6.45, 7) is 13.6. The van der Waals surface area contributed by atoms with Crippen LogP contribution in [0.3, 0.4) is 0 Å². The highest BCUT2D eigenvalue weighted by Crippen LogP contribution is 2.44. The van der Waals surface area contributed by atoms with Gasteiger partial charge in [-0.25, -0.2) is 9.59 Å². The van der Waals surface area contributed by atoms with E-state index in [1.807, 2.05) is 39.2 Å². The predicted octanol–water partition coefficient (Wildman–Crippen LogP) is 6.85. The molecule has 0 radical (unpaired) electrons. The fraction of sp³-hybridized carbons (Fsp3) is 0.516. The molecule has 0 aliphatic carbocycles. The quantitative estimate of drug-likeness (QED) is 0.192. The molecule has 3 aromatic rings. The van der Waals surface area contributed by atoms with E-state index in [1.165, 1.54) is 41.7 Å². The zero-order chi connectivity index (χ0) is 35.8. The van der Waals surface area contributed by atoms with Crippen LogP contribution in [-0.4, -0.2) is 78.5 Å². The van der Waals surface area contributed by atoms with Crippen molar-refractivity contribution in [2.45, 2.75) is 83.6 Å². The van der Waals surface area contributed by atoms with Gasteiger partial charge in [0.1, 0.15) is 16.7 Å². The number of fused-ring (bicyclic) bond motifs is 1. The number of carbonyl (C=O) groups is 3. The summed E-state index contributed by atoms with van der Waals surface area (Å²) in [6, 6.07) is 3.28. The number of aromatic nitrogens is 2. The Morgan fingerprint density at radius 3 is 2.33 bits per heavy atom. The Morgan fingerprint density at radius 1 is 1.04 bits per heavy atom. The molecule has 3 aromatic heterocycles. The number of hydrogen-bond donors (Lipinski definition) is 4. The lowest BCUT2D eigenvalue weighted by molar-refractivity contribution is -0.201. The molecule has 262 valence electrons. The molecule has 1 fully saturated rings. The summed E-state index contributed by atoms with van der Waals surface area (Å²) in [7, 11) is -2.80. The monoisotopic (exact) mass is 694 g/mol. The number of carbonyl (C=O) groups excluding carboxylic acids is 2. The molecule has 1 aliphatic heterocycles. The van der Waals surface area contributed by atoms with Gasteiger partial charge in [-0.15, -0.1) is 0 Å². The number of amides is 3. The summed E-state index contributed by atoms with van der Waals surface area (Å²) >= 11 is 0. The summed E-state index contributed by atoms with van der Waals surface area (Å²) in [5.41, 5.74) is -0.766. The standard InChI is InChI=1S/C31H41F3N6O7Si/c1-29(2,3)46-28(44)38-19-16-40(15-17(31(32,33)34)24(19)47-48(7,8)30(4,5)6)20-11-13-35-14-18(20)37-25(41)22-23-21(10-9-12-36-23)45-26(22)39-27(42)43/h9-14,17,19,24,39H,15-16H2,1-8H3,(H,37,41)(H,38,44)(H,42,43)/t17-,19+,24+/m0/s1. The highest BCUT2D eigenvalue weighted by atomic mass is 28.4. The molecule has 13 nitrogen and oxygen atoms in total. The largest absolute Gasteiger partial charge is 0.465 e. The second kappa shape index (κ2) is 13.3. The van der Waals surface area contributed by atoms with Crippen LogP contribution in [0.4, 0.5) is 40.0 Å². The predicted molar refractivity (Wildman–Crippen MR) is 175 cm³/mol. The maximum Gasteiger partial charge on any atom is 0.411 e. The molecule has 1 saturated heterocycles. The van der Waals surface area contributed by atoms with Crippen molar-refractivity contribution in [3.63, 3.8) is 0 Å². The summed E-state index contributed by atoms with van der Waals surface area (Å²) in [4.78, 5) is 47.6. The lowest BCUT2D eigenvalue weighted by atomic mass is 9.89. The molecule has 0 unspecified atom stereocenters. The van der Waals surface area contributed by atoms with Crippen LogP contribution in [0, 0.1) is 5.92 Å². The molecule has 4 rings (SSSR count). The van der Waals surface area contributed by atoms with Gasteiger partial charge in [-0.2, -0.15) is 13.2 Å². The van der Waals surface area contributed by atoms with Crippen LogP contribution in [0.1, 0.15) is 51.9 Å². The van der Waals surface area contributed by atoms with Crippen LogP contribution in [0.2, 0.25) is 18.1 Å². The van der Waals surface area contributed by atoms with Gasteiger partial charge < -0.3 is 34.2 Å². The van der Waals surface area contributed by atoms with Crippen LogP contribution in [0.5, 0.6) is 0 Å². The Kier molecular flexibility index (Phi) is 10.1. The van der Waals surface area contributed by atoms with Crippen molar-refractivity contribution < 1.29 is 46.2 Å². The number of ether oxygens (including phenoxy) is 1. The van der Waals surface area contributed by atoms with Crippen LogP contribution < -0.4 is 20.9 Å². The van der Waals surface area contributed by atoms with E-state index < -0.39 is 67.8 Å². The molecular weight excluding hydrogens is 653 g/mol. The van der Waals surface area contributed by atoms with Gasteiger partial charge in [-0.05, 0) is 57.1 Å². The van der Waals surface area contributed by atoms with Crippen molar-refractivity contribution in [1.29, 1.82) is 0 Å². The molecule has 1 aliphatic rings. The van der Waals surface area contributed by atoms with Crippen molar-refractivity contribution in [2.75, 3.05) is 28.6 Å². The number of alkyl halides is 3. The molecule has 3 atom stereocenters. The highest BCUT2D eigenvalue weighted by molar-refractivity contribution is 6.74. The Hall–Kier alpha value is -4.38. The molecule has 4 N–H and O–H groups in total. The van der Waals surface area contributed by atoms with Crippen molar-refractivity contribution >= 4 is 54.8 Å². The van der Waals surface area contributed by atoms with Gasteiger partial charge in [0, 0.05) is 25.5 Å². The molecule has 0 bridgehead atoms. The summed E-state index contributed by atoms with van der Waals surface area (Å²) < 4.78 is 62.1. The number of furan rings is 1. The van der Waals surface area contributed by atoms with Gasteiger partial charge in [0.15, 0.2) is 13.9 Å². The lowest BCUT2D eigenvalue weighted by Gasteiger charge is -2.49. The first-order valence-corrected chi connectivity index (χ1v) is 18.1. The van der Waals surface area contributed by atoms with Crippen LogP contribution in [0.25, 0.3) is 11.1 Å². The number of pyridine rings is 2. The number of carboxylic acid groups (broad SMARTS) is 1. The number of nitrogens with zero attached hydrogens (tertiary/aromatic N) is 3. The molecule has 48 heavy (non-hydrogen) atoms. The number of piperidine rings is 1. The zero-order valence-corrected chi connectivity index (χ0v) is 29.0. The average molecular weight is 695 g/mol. The van der Waals surface area contributed by atoms with E-state index in [4.69, 9.17) is 13.6 Å². The van der Waals surface area contributed by atoms with Gasteiger partial charge in [0.2, 0.25) is 5.88 Å². The Bertz CT molecular complexity index is 1670. The van der Waals surface area contributed by atoms with Crippen molar-refractivity contribution in [3.05, 3.63) is 42.4 Å². The molecule has 4 heterocycles. The molecule has 0 spiro atoms. The van der Waals surface area contributed by atoms with E-state index in [2.05, 4.69) is 20.6 Å². The maximum absolute atomic E-state index is 14.9. The fourth-order valence-electron chi connectivity index (χ4n) is 5.06. The number of alkyl carbamates (subject to hydrolysis) is 1. The lowest BCUT2D eigenvalue weighted by Crippen LogP contribution is -2.65. The number of rotatable bonds is 7. The molecule has 17 heteroatoms. The van der Waals surface area contributed by atoms with E-state index >= 15 is 0 Å². The first kappa shape index (κ1) is 36.5. The smallest absolute Gasteiger partial charge is 0.411 e. The minimum absolute atomic E-state index is 0.0229. The zero-order valence-electron chi connectivity index (χ0n) is 28.0. The van der Waals surface area contributed by atoms with Crippen LogP contribution in [0.15, 0.2) is 41.2 Å². The summed E-state index contributed by atoms with van der Waals surface area (Å²) in [5.74, 6) is -3.29. The van der Waals surface area contributed by atoms with E-state index in [1.54, 1.807) is 20.8 Å². The fourth-order valence-corrected chi connectivity index (χ4v) is 6.42. The van der Waals surface area contributed by atoms with E-state index in [9.17, 15) is 32.7 Å². The van der Waals surface area contributed by atoms with E-state index in [0.29, 0.717) is 0 Å². The second-order valence-corrected chi connectivity index (χ2v) is 18.8. The Labute approximate surface area is 276 Å². The van der Waals surface area contributed by atoms with Gasteiger partial charge >= 0.3 is 18.4 Å². The first-order chi connectivity index (χ1) is 22.1. The first-order valence-electron chi connectivity index (χ1n) is 15.2. The van der Waals surface area contributed by atoms with Crippen molar-refractivity contribution in [3.8, 4) is 0 Å². The van der Waals surface area contributed by atoms with Crippen LogP contribution >= 0.6 is 0 Å². The third-order valence-corrected chi connectivity index (χ3v) is 12.7. The topological polar surface area (TPSA) is 168 Å². The van der Waals surface area contributed by atoms with E-state index in [-0.39, 0.29) is 40.5 Å². The molecule has 0 saturated carbocycles. The maximum atomic E-state index is 14.9. The van der Waals surface area contributed by atoms with Gasteiger partial charge in [0.25, 0.3) is 5.91 Å².